The maximum Gasteiger partial charge on any atom is 0 e. The zero-order valence-electron chi connectivity index (χ0n) is 4.67. The number of nitrogens with zero attached hydrogens (tertiary/aromatic N) is 1. The average molecular weight is 259 g/mol. The average Bonchev–Trinajstić information content (AvgIpc) is 1.69. The molecule has 0 unspecified atom stereocenters. The zero-order chi connectivity index (χ0) is 5.11. The van der Waals surface area contributed by atoms with Crippen LogP contribution in [0.1, 0.15) is 0 Å². The topological polar surface area (TPSA) is 12.9 Å². The van der Waals surface area contributed by atoms with Crippen LogP contribution in [0.3, 0.4) is 0 Å². The molecule has 1 rings (SSSR count). The molecule has 9 heavy (non-hydrogen) atoms. The molecule has 1 heterocycles. The predicted molar refractivity (Wildman–Crippen MR) is 38.4 cm³/mol. The summed E-state index contributed by atoms with van der Waals surface area (Å²) in [6.07, 6.45) is 4.14. The molecule has 1 nitrogen and oxygen atoms in total. The van der Waals surface area contributed by atoms with Gasteiger partial charge in [-0.15, -0.1) is 34.6 Å². The zero-order valence-corrected chi connectivity index (χ0v) is 10.1. The van der Waals surface area contributed by atoms with Crippen molar-refractivity contribution < 1.29 is 19.5 Å². The summed E-state index contributed by atoms with van der Waals surface area (Å²) in [6.45, 7) is 0. The third-order valence-electron chi connectivity index (χ3n) is 0.580. The second kappa shape index (κ2) is 6.66. The summed E-state index contributed by atoms with van der Waals surface area (Å²) in [7, 11) is 0. The van der Waals surface area contributed by atoms with Crippen LogP contribution in [0.15, 0.2) is 18.3 Å². The maximum absolute atomic E-state index is 5.46. The van der Waals surface area contributed by atoms with Crippen molar-refractivity contribution in [1.82, 2.24) is 4.98 Å². The van der Waals surface area contributed by atoms with Crippen molar-refractivity contribution in [2.45, 2.75) is 0 Å². The van der Waals surface area contributed by atoms with E-state index in [0.29, 0.717) is 5.02 Å². The molecule has 4 heteroatoms. The van der Waals surface area contributed by atoms with E-state index < -0.39 is 0 Å². The molecule has 0 spiro atoms. The van der Waals surface area contributed by atoms with Gasteiger partial charge in [0.05, 0.1) is 0 Å². The summed E-state index contributed by atoms with van der Waals surface area (Å²) in [5.41, 5.74) is 0. The fraction of sp³-hybridized carbons (Fsp3) is 0. The molecule has 0 fully saturated rings. The largest absolute Gasteiger partial charge is 0.393 e. The smallest absolute Gasteiger partial charge is 0 e. The molecule has 0 radical (unpaired) electrons. The molecule has 0 bridgehead atoms. The number of aromatic nitrogens is 1. The predicted octanol–water partition coefficient (Wildman–Crippen LogP) is 2.11. The Morgan fingerprint density at radius 2 is 2.22 bits per heavy atom. The van der Waals surface area contributed by atoms with Gasteiger partial charge in [-0.1, -0.05) is 17.4 Å². The fourth-order valence-corrected chi connectivity index (χ4v) is 0.414. The Morgan fingerprint density at radius 3 is 2.44 bits per heavy atom. The normalized spacial score (nSPS) is 6.78. The van der Waals surface area contributed by atoms with Crippen LogP contribution < -0.4 is 0 Å². The Bertz CT molecular complexity index is 147. The van der Waals surface area contributed by atoms with Crippen LogP contribution in [0.4, 0.5) is 0 Å². The van der Waals surface area contributed by atoms with Gasteiger partial charge in [-0.3, -0.25) is 0 Å². The third-order valence-corrected chi connectivity index (χ3v) is 0.803. The molecule has 0 N–H and O–H groups in total. The van der Waals surface area contributed by atoms with E-state index in [0.717, 1.165) is 0 Å². The van der Waals surface area contributed by atoms with Gasteiger partial charge in [0, 0.05) is 19.5 Å². The van der Waals surface area contributed by atoms with Crippen LogP contribution in [-0.2, 0) is 19.5 Å². The van der Waals surface area contributed by atoms with E-state index in [2.05, 4.69) is 11.2 Å². The summed E-state index contributed by atoms with van der Waals surface area (Å²) in [4.78, 5) is 3.63. The third kappa shape index (κ3) is 5.01. The molecule has 0 aliphatic rings. The standard InChI is InChI=1S/C5H3ClN.BrH.Zn/c6-5-2-1-3-7-4-5;;/h1-2,4H;1H;/q-1;;. The van der Waals surface area contributed by atoms with Gasteiger partial charge in [-0.2, -0.15) is 6.07 Å². The maximum atomic E-state index is 5.46. The molecule has 0 atom stereocenters. The quantitative estimate of drug-likeness (QED) is 0.513. The van der Waals surface area contributed by atoms with Crippen molar-refractivity contribution >= 4 is 28.6 Å². The van der Waals surface area contributed by atoms with Crippen LogP contribution in [0.5, 0.6) is 0 Å². The molecule has 0 saturated heterocycles. The molecular weight excluding hydrogens is 255 g/mol. The monoisotopic (exact) mass is 256 g/mol. The van der Waals surface area contributed by atoms with Crippen molar-refractivity contribution in [3.05, 3.63) is 29.5 Å². The molecule has 0 aliphatic carbocycles. The molecule has 1 aromatic heterocycles. The van der Waals surface area contributed by atoms with E-state index in [1.165, 1.54) is 0 Å². The van der Waals surface area contributed by atoms with E-state index in [-0.39, 0.29) is 36.5 Å². The number of pyridine rings is 1. The SMILES string of the molecule is Br.Clc1cc[c-]nc1.[Zn]. The van der Waals surface area contributed by atoms with Gasteiger partial charge in [-0.05, 0) is 0 Å². The molecule has 0 amide bonds. The Labute approximate surface area is 82.4 Å². The Morgan fingerprint density at radius 1 is 1.56 bits per heavy atom. The first kappa shape index (κ1) is 12.2. The summed E-state index contributed by atoms with van der Waals surface area (Å²) in [5.74, 6) is 0. The van der Waals surface area contributed by atoms with Gasteiger partial charge < -0.3 is 4.98 Å². The number of hydrogen-bond donors (Lipinski definition) is 0. The summed E-state index contributed by atoms with van der Waals surface area (Å²) in [6, 6.07) is 3.40. The second-order valence-electron chi connectivity index (χ2n) is 1.11. The summed E-state index contributed by atoms with van der Waals surface area (Å²) < 4.78 is 0. The number of rotatable bonds is 0. The van der Waals surface area contributed by atoms with Gasteiger partial charge in [0.1, 0.15) is 0 Å². The molecule has 1 aromatic rings. The Balaban J connectivity index is 0. The van der Waals surface area contributed by atoms with Crippen LogP contribution in [0.25, 0.3) is 0 Å². The van der Waals surface area contributed by atoms with Crippen molar-refractivity contribution in [2.75, 3.05) is 0 Å². The van der Waals surface area contributed by atoms with Gasteiger partial charge >= 0.3 is 0 Å². The first-order valence-electron chi connectivity index (χ1n) is 1.87. The Hall–Kier alpha value is 0.543. The second-order valence-corrected chi connectivity index (χ2v) is 1.54. The van der Waals surface area contributed by atoms with Crippen molar-refractivity contribution in [3.8, 4) is 0 Å². The fourth-order valence-electron chi connectivity index (χ4n) is 0.302. The molecule has 0 aliphatic heterocycles. The van der Waals surface area contributed by atoms with Gasteiger partial charge in [0.15, 0.2) is 0 Å². The van der Waals surface area contributed by atoms with Crippen molar-refractivity contribution in [1.29, 1.82) is 0 Å². The minimum atomic E-state index is 0. The van der Waals surface area contributed by atoms with Gasteiger partial charge in [-0.25, -0.2) is 0 Å². The van der Waals surface area contributed by atoms with E-state index in [9.17, 15) is 0 Å². The first-order chi connectivity index (χ1) is 3.39. The molecular formula is C5H4BrClNZn-. The number of hydrogen-bond acceptors (Lipinski definition) is 1. The van der Waals surface area contributed by atoms with Crippen LogP contribution in [-0.4, -0.2) is 4.98 Å². The molecule has 0 saturated carbocycles. The van der Waals surface area contributed by atoms with Gasteiger partial charge in [0.2, 0.25) is 0 Å². The van der Waals surface area contributed by atoms with E-state index in [4.69, 9.17) is 11.6 Å². The first-order valence-corrected chi connectivity index (χ1v) is 2.25. The van der Waals surface area contributed by atoms with E-state index in [1.54, 1.807) is 18.3 Å². The van der Waals surface area contributed by atoms with Crippen LogP contribution in [0.2, 0.25) is 5.02 Å². The summed E-state index contributed by atoms with van der Waals surface area (Å²) in [5, 5.41) is 0.652. The molecule has 0 aromatic carbocycles. The van der Waals surface area contributed by atoms with Crippen molar-refractivity contribution in [3.63, 3.8) is 0 Å². The number of halogens is 2. The van der Waals surface area contributed by atoms with E-state index >= 15 is 0 Å². The van der Waals surface area contributed by atoms with Crippen LogP contribution >= 0.6 is 28.6 Å². The minimum absolute atomic E-state index is 0. The Kier molecular flexibility index (Phi) is 9.06. The van der Waals surface area contributed by atoms with E-state index in [1.807, 2.05) is 0 Å². The summed E-state index contributed by atoms with van der Waals surface area (Å²) >= 11 is 5.46. The van der Waals surface area contributed by atoms with Gasteiger partial charge in [0.25, 0.3) is 0 Å². The minimum Gasteiger partial charge on any atom is -0.393 e. The van der Waals surface area contributed by atoms with Crippen LogP contribution in [0, 0.1) is 6.20 Å². The van der Waals surface area contributed by atoms with Crippen molar-refractivity contribution in [2.24, 2.45) is 0 Å². The molecule has 46 valence electrons.